The largest absolute Gasteiger partial charge is 0.465 e. The van der Waals surface area contributed by atoms with E-state index in [1.54, 1.807) is 18.3 Å². The molecule has 4 nitrogen and oxygen atoms in total. The average molecular weight is 254 g/mol. The number of thioether (sulfide) groups is 1. The standard InChI is InChI=1S/C12H18N2O2S/c1-9(8-17-3)7-14-11-10(12(15)16-2)5-4-6-13-11/h4-6,9H,7-8H2,1-3H3,(H,13,14). The van der Waals surface area contributed by atoms with Crippen molar-refractivity contribution >= 4 is 23.5 Å². The summed E-state index contributed by atoms with van der Waals surface area (Å²) in [6.07, 6.45) is 3.74. The lowest BCUT2D eigenvalue weighted by atomic mass is 10.2. The maximum absolute atomic E-state index is 11.5. The molecule has 0 aliphatic rings. The highest BCUT2D eigenvalue weighted by Gasteiger charge is 2.12. The first-order valence-corrected chi connectivity index (χ1v) is 6.84. The van der Waals surface area contributed by atoms with E-state index in [9.17, 15) is 4.79 Å². The highest BCUT2D eigenvalue weighted by atomic mass is 32.2. The second-order valence-corrected chi connectivity index (χ2v) is 4.74. The third-order valence-electron chi connectivity index (χ3n) is 2.28. The third kappa shape index (κ3) is 4.26. The van der Waals surface area contributed by atoms with Crippen molar-refractivity contribution in [3.8, 4) is 0 Å². The Morgan fingerprint density at radius 1 is 1.65 bits per heavy atom. The fraction of sp³-hybridized carbons (Fsp3) is 0.500. The van der Waals surface area contributed by atoms with Crippen molar-refractivity contribution < 1.29 is 9.53 Å². The van der Waals surface area contributed by atoms with E-state index in [0.29, 0.717) is 17.3 Å². The van der Waals surface area contributed by atoms with Crippen LogP contribution in [0.25, 0.3) is 0 Å². The Balaban J connectivity index is 2.67. The first-order valence-electron chi connectivity index (χ1n) is 5.45. The fourth-order valence-corrected chi connectivity index (χ4v) is 2.12. The molecule has 0 amide bonds. The van der Waals surface area contributed by atoms with E-state index in [0.717, 1.165) is 12.3 Å². The summed E-state index contributed by atoms with van der Waals surface area (Å²) >= 11 is 1.81. The van der Waals surface area contributed by atoms with E-state index >= 15 is 0 Å². The number of carbonyl (C=O) groups excluding carboxylic acids is 1. The number of aromatic nitrogens is 1. The van der Waals surface area contributed by atoms with Crippen LogP contribution in [0, 0.1) is 5.92 Å². The number of hydrogen-bond acceptors (Lipinski definition) is 5. The molecule has 5 heteroatoms. The van der Waals surface area contributed by atoms with Crippen molar-refractivity contribution in [1.82, 2.24) is 4.98 Å². The first-order chi connectivity index (χ1) is 8.19. The molecule has 0 saturated heterocycles. The van der Waals surface area contributed by atoms with Crippen LogP contribution in [0.15, 0.2) is 18.3 Å². The van der Waals surface area contributed by atoms with E-state index in [-0.39, 0.29) is 5.97 Å². The minimum atomic E-state index is -0.363. The summed E-state index contributed by atoms with van der Waals surface area (Å²) in [7, 11) is 1.37. The molecule has 0 radical (unpaired) electrons. The summed E-state index contributed by atoms with van der Waals surface area (Å²) in [5.41, 5.74) is 0.478. The van der Waals surface area contributed by atoms with Crippen LogP contribution in [-0.4, -0.2) is 36.6 Å². The lowest BCUT2D eigenvalue weighted by molar-refractivity contribution is 0.0601. The van der Waals surface area contributed by atoms with Crippen molar-refractivity contribution in [2.45, 2.75) is 6.92 Å². The van der Waals surface area contributed by atoms with Crippen LogP contribution in [0.2, 0.25) is 0 Å². The molecule has 1 heterocycles. The lowest BCUT2D eigenvalue weighted by Gasteiger charge is -2.13. The monoisotopic (exact) mass is 254 g/mol. The summed E-state index contributed by atoms with van der Waals surface area (Å²) in [5.74, 6) is 1.83. The van der Waals surface area contributed by atoms with Gasteiger partial charge in [0.1, 0.15) is 11.4 Å². The van der Waals surface area contributed by atoms with Gasteiger partial charge in [-0.15, -0.1) is 0 Å². The molecule has 94 valence electrons. The molecule has 1 N–H and O–H groups in total. The Hall–Kier alpha value is -1.23. The molecule has 1 aromatic rings. The predicted molar refractivity (Wildman–Crippen MR) is 71.6 cm³/mol. The summed E-state index contributed by atoms with van der Waals surface area (Å²) in [5, 5.41) is 3.19. The molecule has 0 bridgehead atoms. The third-order valence-corrected chi connectivity index (χ3v) is 3.18. The Kier molecular flexibility index (Phi) is 5.83. The summed E-state index contributed by atoms with van der Waals surface area (Å²) in [4.78, 5) is 15.7. The number of pyridine rings is 1. The lowest BCUT2D eigenvalue weighted by Crippen LogP contribution is -2.16. The Labute approximate surface area is 106 Å². The van der Waals surface area contributed by atoms with Gasteiger partial charge in [0, 0.05) is 12.7 Å². The van der Waals surface area contributed by atoms with E-state index in [1.807, 2.05) is 11.8 Å². The van der Waals surface area contributed by atoms with E-state index < -0.39 is 0 Å². The smallest absolute Gasteiger partial charge is 0.341 e. The molecule has 0 fully saturated rings. The van der Waals surface area contributed by atoms with Gasteiger partial charge in [-0.3, -0.25) is 0 Å². The molecule has 1 aromatic heterocycles. The first kappa shape index (κ1) is 13.8. The second-order valence-electron chi connectivity index (χ2n) is 3.83. The molecule has 0 saturated carbocycles. The van der Waals surface area contributed by atoms with Gasteiger partial charge in [0.05, 0.1) is 7.11 Å². The van der Waals surface area contributed by atoms with E-state index in [1.165, 1.54) is 7.11 Å². The highest BCUT2D eigenvalue weighted by Crippen LogP contribution is 2.14. The normalized spacial score (nSPS) is 11.9. The fourth-order valence-electron chi connectivity index (χ4n) is 1.44. The van der Waals surface area contributed by atoms with Gasteiger partial charge in [-0.05, 0) is 30.1 Å². The Morgan fingerprint density at radius 3 is 3.06 bits per heavy atom. The minimum absolute atomic E-state index is 0.363. The molecule has 1 atom stereocenters. The zero-order chi connectivity index (χ0) is 12.7. The van der Waals surface area contributed by atoms with Crippen LogP contribution in [0.1, 0.15) is 17.3 Å². The maximum atomic E-state index is 11.5. The number of carbonyl (C=O) groups is 1. The summed E-state index contributed by atoms with van der Waals surface area (Å²) in [6.45, 7) is 2.95. The van der Waals surface area contributed by atoms with Gasteiger partial charge in [0.15, 0.2) is 0 Å². The summed E-state index contributed by atoms with van der Waals surface area (Å²) in [6, 6.07) is 3.43. The van der Waals surface area contributed by atoms with Crippen molar-refractivity contribution in [1.29, 1.82) is 0 Å². The van der Waals surface area contributed by atoms with Crippen LogP contribution in [0.3, 0.4) is 0 Å². The number of hydrogen-bond donors (Lipinski definition) is 1. The maximum Gasteiger partial charge on any atom is 0.341 e. The van der Waals surface area contributed by atoms with Crippen LogP contribution in [0.4, 0.5) is 5.82 Å². The number of anilines is 1. The Morgan fingerprint density at radius 2 is 2.41 bits per heavy atom. The van der Waals surface area contributed by atoms with Gasteiger partial charge in [0.25, 0.3) is 0 Å². The number of ether oxygens (including phenoxy) is 1. The van der Waals surface area contributed by atoms with E-state index in [4.69, 9.17) is 4.74 Å². The molecule has 0 spiro atoms. The SMILES string of the molecule is COC(=O)c1cccnc1NCC(C)CSC. The van der Waals surface area contributed by atoms with Gasteiger partial charge in [-0.25, -0.2) is 9.78 Å². The number of methoxy groups -OCH3 is 1. The highest BCUT2D eigenvalue weighted by molar-refractivity contribution is 7.98. The van der Waals surface area contributed by atoms with Crippen LogP contribution in [0.5, 0.6) is 0 Å². The van der Waals surface area contributed by atoms with Crippen molar-refractivity contribution in [2.75, 3.05) is 31.0 Å². The molecule has 17 heavy (non-hydrogen) atoms. The van der Waals surface area contributed by atoms with Gasteiger partial charge in [-0.2, -0.15) is 11.8 Å². The molecular weight excluding hydrogens is 236 g/mol. The summed E-state index contributed by atoms with van der Waals surface area (Å²) < 4.78 is 4.71. The van der Waals surface area contributed by atoms with Gasteiger partial charge in [0.2, 0.25) is 0 Å². The van der Waals surface area contributed by atoms with Crippen LogP contribution < -0.4 is 5.32 Å². The second kappa shape index (κ2) is 7.17. The van der Waals surface area contributed by atoms with Gasteiger partial charge < -0.3 is 10.1 Å². The zero-order valence-electron chi connectivity index (χ0n) is 10.4. The van der Waals surface area contributed by atoms with E-state index in [2.05, 4.69) is 23.5 Å². The van der Waals surface area contributed by atoms with Crippen molar-refractivity contribution in [2.24, 2.45) is 5.92 Å². The van der Waals surface area contributed by atoms with Gasteiger partial charge >= 0.3 is 5.97 Å². The molecule has 0 aliphatic carbocycles. The minimum Gasteiger partial charge on any atom is -0.465 e. The molecule has 0 aliphatic heterocycles. The average Bonchev–Trinajstić information content (AvgIpc) is 2.36. The number of esters is 1. The predicted octanol–water partition coefficient (Wildman–Crippen LogP) is 2.28. The van der Waals surface area contributed by atoms with Crippen molar-refractivity contribution in [3.63, 3.8) is 0 Å². The Bertz CT molecular complexity index is 371. The molecule has 1 rings (SSSR count). The number of nitrogens with zero attached hydrogens (tertiary/aromatic N) is 1. The zero-order valence-corrected chi connectivity index (χ0v) is 11.2. The molecule has 0 aromatic carbocycles. The molecular formula is C12H18N2O2S. The number of rotatable bonds is 6. The van der Waals surface area contributed by atoms with Gasteiger partial charge in [-0.1, -0.05) is 6.92 Å². The quantitative estimate of drug-likeness (QED) is 0.789. The topological polar surface area (TPSA) is 51.2 Å². The van der Waals surface area contributed by atoms with Crippen LogP contribution in [-0.2, 0) is 4.74 Å². The van der Waals surface area contributed by atoms with Crippen molar-refractivity contribution in [3.05, 3.63) is 23.9 Å². The molecule has 1 unspecified atom stereocenters. The number of nitrogens with one attached hydrogen (secondary N) is 1. The van der Waals surface area contributed by atoms with Crippen LogP contribution >= 0.6 is 11.8 Å².